The summed E-state index contributed by atoms with van der Waals surface area (Å²) in [6.07, 6.45) is 1.79. The molecule has 1 fully saturated rings. The van der Waals surface area contributed by atoms with Crippen LogP contribution in [0.5, 0.6) is 11.5 Å². The van der Waals surface area contributed by atoms with Crippen molar-refractivity contribution in [1.82, 2.24) is 4.90 Å². The summed E-state index contributed by atoms with van der Waals surface area (Å²) in [5.74, 6) is 1.12. The fourth-order valence-corrected chi connectivity index (χ4v) is 2.53. The SMILES string of the molecule is CCOc1ccc(C(=O)N2CCC[C@@H]2CO)cc1OC. The second-order valence-corrected chi connectivity index (χ2v) is 4.78. The van der Waals surface area contributed by atoms with Gasteiger partial charge in [-0.25, -0.2) is 0 Å². The highest BCUT2D eigenvalue weighted by atomic mass is 16.5. The van der Waals surface area contributed by atoms with Gasteiger partial charge < -0.3 is 19.5 Å². The standard InChI is InChI=1S/C15H21NO4/c1-3-20-13-7-6-11(9-14(13)19-2)15(18)16-8-4-5-12(16)10-17/h6-7,9,12,17H,3-5,8,10H2,1-2H3/t12-/m1/s1. The number of hydrogen-bond acceptors (Lipinski definition) is 4. The minimum absolute atomic E-state index is 0.0138. The molecule has 1 aromatic rings. The van der Waals surface area contributed by atoms with Crippen molar-refractivity contribution in [2.75, 3.05) is 26.9 Å². The first-order valence-electron chi connectivity index (χ1n) is 6.94. The van der Waals surface area contributed by atoms with Crippen LogP contribution >= 0.6 is 0 Å². The van der Waals surface area contributed by atoms with Gasteiger partial charge in [0, 0.05) is 12.1 Å². The van der Waals surface area contributed by atoms with E-state index in [-0.39, 0.29) is 18.6 Å². The Hall–Kier alpha value is -1.75. The molecule has 0 radical (unpaired) electrons. The summed E-state index contributed by atoms with van der Waals surface area (Å²) in [5, 5.41) is 9.31. The van der Waals surface area contributed by atoms with Gasteiger partial charge in [0.05, 0.1) is 26.4 Å². The van der Waals surface area contributed by atoms with Crippen LogP contribution in [0.2, 0.25) is 0 Å². The van der Waals surface area contributed by atoms with Crippen molar-refractivity contribution in [2.45, 2.75) is 25.8 Å². The number of ether oxygens (including phenoxy) is 2. The Balaban J connectivity index is 2.22. The van der Waals surface area contributed by atoms with Crippen molar-refractivity contribution >= 4 is 5.91 Å². The van der Waals surface area contributed by atoms with Gasteiger partial charge in [0.2, 0.25) is 0 Å². The van der Waals surface area contributed by atoms with E-state index in [0.717, 1.165) is 12.8 Å². The summed E-state index contributed by atoms with van der Waals surface area (Å²) in [5.41, 5.74) is 0.561. The number of amides is 1. The number of carbonyl (C=O) groups is 1. The Morgan fingerprint density at radius 3 is 2.90 bits per heavy atom. The molecule has 0 aliphatic carbocycles. The van der Waals surface area contributed by atoms with Crippen LogP contribution in [0.3, 0.4) is 0 Å². The number of rotatable bonds is 5. The van der Waals surface area contributed by atoms with Crippen LogP contribution in [-0.2, 0) is 0 Å². The number of hydrogen-bond donors (Lipinski definition) is 1. The molecular formula is C15H21NO4. The fraction of sp³-hybridized carbons (Fsp3) is 0.533. The van der Waals surface area contributed by atoms with Crippen LogP contribution in [0.15, 0.2) is 18.2 Å². The van der Waals surface area contributed by atoms with Crippen LogP contribution in [0.4, 0.5) is 0 Å². The van der Waals surface area contributed by atoms with Crippen LogP contribution < -0.4 is 9.47 Å². The number of benzene rings is 1. The van der Waals surface area contributed by atoms with Gasteiger partial charge in [0.15, 0.2) is 11.5 Å². The average molecular weight is 279 g/mol. The molecule has 5 nitrogen and oxygen atoms in total. The van der Waals surface area contributed by atoms with E-state index in [1.165, 1.54) is 0 Å². The Labute approximate surface area is 119 Å². The number of carbonyl (C=O) groups excluding carboxylic acids is 1. The predicted molar refractivity (Wildman–Crippen MR) is 75.3 cm³/mol. The van der Waals surface area contributed by atoms with Gasteiger partial charge >= 0.3 is 0 Å². The van der Waals surface area contributed by atoms with Gasteiger partial charge in [-0.15, -0.1) is 0 Å². The van der Waals surface area contributed by atoms with Crippen molar-refractivity contribution < 1.29 is 19.4 Å². The molecule has 0 spiro atoms. The molecule has 5 heteroatoms. The highest BCUT2D eigenvalue weighted by molar-refractivity contribution is 5.95. The molecule has 1 amide bonds. The zero-order valence-electron chi connectivity index (χ0n) is 12.0. The lowest BCUT2D eigenvalue weighted by atomic mass is 10.1. The Morgan fingerprint density at radius 1 is 1.45 bits per heavy atom. The molecule has 1 aliphatic heterocycles. The second kappa shape index (κ2) is 6.61. The molecule has 20 heavy (non-hydrogen) atoms. The Morgan fingerprint density at radius 2 is 2.25 bits per heavy atom. The van der Waals surface area contributed by atoms with Crippen LogP contribution in [0.1, 0.15) is 30.1 Å². The summed E-state index contributed by atoms with van der Waals surface area (Å²) >= 11 is 0. The maximum Gasteiger partial charge on any atom is 0.254 e. The van der Waals surface area contributed by atoms with Crippen LogP contribution in [0, 0.1) is 0 Å². The number of likely N-dealkylation sites (tertiary alicyclic amines) is 1. The summed E-state index contributed by atoms with van der Waals surface area (Å²) in [7, 11) is 1.55. The smallest absolute Gasteiger partial charge is 0.254 e. The first kappa shape index (κ1) is 14.7. The van der Waals surface area contributed by atoms with Crippen molar-refractivity contribution in [2.24, 2.45) is 0 Å². The zero-order valence-corrected chi connectivity index (χ0v) is 12.0. The third-order valence-corrected chi connectivity index (χ3v) is 3.56. The Bertz CT molecular complexity index is 475. The monoisotopic (exact) mass is 279 g/mol. The van der Waals surface area contributed by atoms with Crippen molar-refractivity contribution in [3.63, 3.8) is 0 Å². The van der Waals surface area contributed by atoms with Crippen LogP contribution in [0.25, 0.3) is 0 Å². The third-order valence-electron chi connectivity index (χ3n) is 3.56. The molecule has 0 bridgehead atoms. The van der Waals surface area contributed by atoms with E-state index < -0.39 is 0 Å². The van der Waals surface area contributed by atoms with Crippen molar-refractivity contribution in [3.05, 3.63) is 23.8 Å². The number of aliphatic hydroxyl groups excluding tert-OH is 1. The quantitative estimate of drug-likeness (QED) is 0.891. The second-order valence-electron chi connectivity index (χ2n) is 4.78. The lowest BCUT2D eigenvalue weighted by Gasteiger charge is -2.23. The highest BCUT2D eigenvalue weighted by Gasteiger charge is 2.29. The summed E-state index contributed by atoms with van der Waals surface area (Å²) in [6.45, 7) is 3.15. The van der Waals surface area contributed by atoms with Gasteiger partial charge in [-0.05, 0) is 38.0 Å². The van der Waals surface area contributed by atoms with E-state index in [0.29, 0.717) is 30.2 Å². The van der Waals surface area contributed by atoms with E-state index in [1.807, 2.05) is 6.92 Å². The molecule has 1 aliphatic rings. The van der Waals surface area contributed by atoms with Gasteiger partial charge in [-0.2, -0.15) is 0 Å². The first-order chi connectivity index (χ1) is 9.71. The predicted octanol–water partition coefficient (Wildman–Crippen LogP) is 1.69. The molecular weight excluding hydrogens is 258 g/mol. The molecule has 0 unspecified atom stereocenters. The maximum atomic E-state index is 12.5. The van der Waals surface area contributed by atoms with E-state index in [1.54, 1.807) is 30.2 Å². The first-order valence-corrected chi connectivity index (χ1v) is 6.94. The van der Waals surface area contributed by atoms with Crippen molar-refractivity contribution in [3.8, 4) is 11.5 Å². The lowest BCUT2D eigenvalue weighted by Crippen LogP contribution is -2.37. The van der Waals surface area contributed by atoms with Gasteiger partial charge in [0.25, 0.3) is 5.91 Å². The van der Waals surface area contributed by atoms with Gasteiger partial charge in [-0.3, -0.25) is 4.79 Å². The molecule has 1 aromatic carbocycles. The number of methoxy groups -OCH3 is 1. The molecule has 110 valence electrons. The lowest BCUT2D eigenvalue weighted by molar-refractivity contribution is 0.0677. The van der Waals surface area contributed by atoms with Gasteiger partial charge in [-0.1, -0.05) is 0 Å². The molecule has 0 saturated carbocycles. The fourth-order valence-electron chi connectivity index (χ4n) is 2.53. The number of nitrogens with zero attached hydrogens (tertiary/aromatic N) is 1. The summed E-state index contributed by atoms with van der Waals surface area (Å²) < 4.78 is 10.7. The van der Waals surface area contributed by atoms with E-state index in [4.69, 9.17) is 9.47 Å². The molecule has 1 atom stereocenters. The molecule has 2 rings (SSSR count). The third kappa shape index (κ3) is 2.88. The summed E-state index contributed by atoms with van der Waals surface area (Å²) in [4.78, 5) is 14.2. The maximum absolute atomic E-state index is 12.5. The molecule has 1 N–H and O–H groups in total. The zero-order chi connectivity index (χ0) is 14.5. The van der Waals surface area contributed by atoms with Crippen molar-refractivity contribution in [1.29, 1.82) is 0 Å². The number of aliphatic hydroxyl groups is 1. The minimum atomic E-state index is -0.0694. The minimum Gasteiger partial charge on any atom is -0.493 e. The molecule has 1 saturated heterocycles. The summed E-state index contributed by atoms with van der Waals surface area (Å²) in [6, 6.07) is 5.11. The largest absolute Gasteiger partial charge is 0.493 e. The van der Waals surface area contributed by atoms with E-state index >= 15 is 0 Å². The average Bonchev–Trinajstić information content (AvgIpc) is 2.95. The highest BCUT2D eigenvalue weighted by Crippen LogP contribution is 2.29. The van der Waals surface area contributed by atoms with E-state index in [2.05, 4.69) is 0 Å². The topological polar surface area (TPSA) is 59.0 Å². The molecule has 1 heterocycles. The normalized spacial score (nSPS) is 18.1. The van der Waals surface area contributed by atoms with Crippen LogP contribution in [-0.4, -0.2) is 48.8 Å². The molecule has 0 aromatic heterocycles. The van der Waals surface area contributed by atoms with E-state index in [9.17, 15) is 9.90 Å². The van der Waals surface area contributed by atoms with Gasteiger partial charge in [0.1, 0.15) is 0 Å². The Kier molecular flexibility index (Phi) is 4.84.